The topological polar surface area (TPSA) is 22.0 Å². The fraction of sp³-hybridized carbons (Fsp3) is 0.308. The van der Waals surface area contributed by atoms with Crippen LogP contribution in [0.1, 0.15) is 12.0 Å². The van der Waals surface area contributed by atoms with Crippen molar-refractivity contribution in [2.45, 2.75) is 12.8 Å². The van der Waals surface area contributed by atoms with Crippen molar-refractivity contribution in [1.82, 2.24) is 4.57 Å². The van der Waals surface area contributed by atoms with Crippen LogP contribution in [-0.2, 0) is 13.5 Å². The molecule has 0 saturated carbocycles. The fourth-order valence-electron chi connectivity index (χ4n) is 1.81. The molecule has 1 aromatic carbocycles. The number of fused-ring (bicyclic) bond motifs is 1. The maximum Gasteiger partial charge on any atom is 0.258 e. The summed E-state index contributed by atoms with van der Waals surface area (Å²) in [6.07, 6.45) is 3.92. The van der Waals surface area contributed by atoms with Gasteiger partial charge in [-0.05, 0) is 35.9 Å². The van der Waals surface area contributed by atoms with Crippen molar-refractivity contribution in [3.8, 4) is 0 Å². The highest BCUT2D eigenvalue weighted by Crippen LogP contribution is 2.13. The van der Waals surface area contributed by atoms with E-state index in [0.717, 1.165) is 28.9 Å². The molecule has 3 heteroatoms. The largest absolute Gasteiger partial charge is 0.318 e. The van der Waals surface area contributed by atoms with E-state index in [4.69, 9.17) is 0 Å². The van der Waals surface area contributed by atoms with Crippen LogP contribution in [0.15, 0.2) is 35.3 Å². The Labute approximate surface area is 103 Å². The number of aromatic nitrogens is 1. The smallest absolute Gasteiger partial charge is 0.258 e. The van der Waals surface area contributed by atoms with Crippen molar-refractivity contribution < 1.29 is 0 Å². The molecule has 0 spiro atoms. The fourth-order valence-corrected chi connectivity index (χ4v) is 2.09. The first kappa shape index (κ1) is 11.4. The van der Waals surface area contributed by atoms with Crippen LogP contribution in [0.3, 0.4) is 0 Å². The van der Waals surface area contributed by atoms with Crippen LogP contribution in [0.25, 0.3) is 10.8 Å². The van der Waals surface area contributed by atoms with Gasteiger partial charge in [0.15, 0.2) is 0 Å². The van der Waals surface area contributed by atoms with Gasteiger partial charge in [-0.15, -0.1) is 0 Å². The minimum absolute atomic E-state index is 0.0817. The Bertz CT molecular complexity index is 559. The van der Waals surface area contributed by atoms with Gasteiger partial charge in [-0.25, -0.2) is 0 Å². The molecule has 0 N–H and O–H groups in total. The second-order valence-corrected chi connectivity index (χ2v) is 4.74. The first-order chi connectivity index (χ1) is 7.72. The third-order valence-corrected chi connectivity index (χ3v) is 3.31. The molecule has 0 fully saturated rings. The van der Waals surface area contributed by atoms with Crippen molar-refractivity contribution in [3.05, 3.63) is 46.4 Å². The molecule has 1 aromatic heterocycles. The normalized spacial score (nSPS) is 10.9. The molecular weight excluding hydrogens is 266 g/mol. The van der Waals surface area contributed by atoms with Crippen molar-refractivity contribution in [2.24, 2.45) is 7.05 Å². The summed E-state index contributed by atoms with van der Waals surface area (Å²) in [6, 6.07) is 8.12. The van der Waals surface area contributed by atoms with Crippen molar-refractivity contribution in [2.75, 3.05) is 5.33 Å². The number of aryl methyl sites for hydroxylation is 2. The average molecular weight is 280 g/mol. The van der Waals surface area contributed by atoms with E-state index in [-0.39, 0.29) is 5.56 Å². The van der Waals surface area contributed by atoms with E-state index in [1.807, 2.05) is 24.4 Å². The van der Waals surface area contributed by atoms with Gasteiger partial charge in [0.05, 0.1) is 0 Å². The second-order valence-electron chi connectivity index (χ2n) is 3.95. The predicted octanol–water partition coefficient (Wildman–Crippen LogP) is 2.87. The number of halogens is 1. The Kier molecular flexibility index (Phi) is 3.44. The van der Waals surface area contributed by atoms with Gasteiger partial charge in [0, 0.05) is 24.0 Å². The molecule has 0 saturated heterocycles. The molecule has 2 rings (SSSR count). The summed E-state index contributed by atoms with van der Waals surface area (Å²) in [7, 11) is 1.78. The Morgan fingerprint density at radius 1 is 1.31 bits per heavy atom. The molecule has 0 aliphatic carbocycles. The van der Waals surface area contributed by atoms with Crippen LogP contribution in [0.4, 0.5) is 0 Å². The Morgan fingerprint density at radius 3 is 2.88 bits per heavy atom. The monoisotopic (exact) mass is 279 g/mol. The summed E-state index contributed by atoms with van der Waals surface area (Å²) < 4.78 is 1.62. The highest BCUT2D eigenvalue weighted by atomic mass is 79.9. The molecule has 2 nitrogen and oxygen atoms in total. The SMILES string of the molecule is Cn1ccc2ccc(CCCBr)cc2c1=O. The van der Waals surface area contributed by atoms with Crippen LogP contribution >= 0.6 is 15.9 Å². The van der Waals surface area contributed by atoms with Gasteiger partial charge in [-0.1, -0.05) is 28.1 Å². The van der Waals surface area contributed by atoms with Gasteiger partial charge in [0.25, 0.3) is 5.56 Å². The van der Waals surface area contributed by atoms with Gasteiger partial charge in [-0.3, -0.25) is 4.79 Å². The molecule has 0 aliphatic rings. The number of hydrogen-bond acceptors (Lipinski definition) is 1. The second kappa shape index (κ2) is 4.83. The third kappa shape index (κ3) is 2.19. The minimum Gasteiger partial charge on any atom is -0.318 e. The standard InChI is InChI=1S/C13H14BrNO/c1-15-8-6-11-5-4-10(3-2-7-14)9-12(11)13(15)16/h4-6,8-9H,2-3,7H2,1H3. The molecule has 16 heavy (non-hydrogen) atoms. The molecule has 0 unspecified atom stereocenters. The lowest BCUT2D eigenvalue weighted by molar-refractivity contribution is 0.872. The number of alkyl halides is 1. The summed E-state index contributed by atoms with van der Waals surface area (Å²) in [5.74, 6) is 0. The summed E-state index contributed by atoms with van der Waals surface area (Å²) >= 11 is 3.42. The average Bonchev–Trinajstić information content (AvgIpc) is 2.31. The van der Waals surface area contributed by atoms with Gasteiger partial charge >= 0.3 is 0 Å². The van der Waals surface area contributed by atoms with Crippen molar-refractivity contribution in [3.63, 3.8) is 0 Å². The lowest BCUT2D eigenvalue weighted by Crippen LogP contribution is -2.15. The minimum atomic E-state index is 0.0817. The maximum atomic E-state index is 11.9. The Hall–Kier alpha value is -1.09. The van der Waals surface area contributed by atoms with Crippen LogP contribution in [0.5, 0.6) is 0 Å². The van der Waals surface area contributed by atoms with Gasteiger partial charge < -0.3 is 4.57 Å². The van der Waals surface area contributed by atoms with Gasteiger partial charge in [0.1, 0.15) is 0 Å². The van der Waals surface area contributed by atoms with Crippen LogP contribution in [0, 0.1) is 0 Å². The number of benzene rings is 1. The van der Waals surface area contributed by atoms with E-state index in [1.165, 1.54) is 5.56 Å². The van der Waals surface area contributed by atoms with E-state index in [0.29, 0.717) is 0 Å². The Morgan fingerprint density at radius 2 is 2.12 bits per heavy atom. The molecule has 0 amide bonds. The molecule has 0 bridgehead atoms. The zero-order valence-corrected chi connectivity index (χ0v) is 10.8. The quantitative estimate of drug-likeness (QED) is 0.792. The third-order valence-electron chi connectivity index (χ3n) is 2.75. The highest BCUT2D eigenvalue weighted by Gasteiger charge is 2.01. The lowest BCUT2D eigenvalue weighted by atomic mass is 10.1. The predicted molar refractivity (Wildman–Crippen MR) is 71.3 cm³/mol. The van der Waals surface area contributed by atoms with Crippen LogP contribution in [0.2, 0.25) is 0 Å². The number of hydrogen-bond donors (Lipinski definition) is 0. The Balaban J connectivity index is 2.51. The summed E-state index contributed by atoms with van der Waals surface area (Å²) in [6.45, 7) is 0. The van der Waals surface area contributed by atoms with E-state index < -0.39 is 0 Å². The van der Waals surface area contributed by atoms with Crippen molar-refractivity contribution in [1.29, 1.82) is 0 Å². The van der Waals surface area contributed by atoms with E-state index in [2.05, 4.69) is 22.0 Å². The lowest BCUT2D eigenvalue weighted by Gasteiger charge is -2.04. The zero-order valence-electron chi connectivity index (χ0n) is 9.24. The molecule has 84 valence electrons. The number of nitrogens with zero attached hydrogens (tertiary/aromatic N) is 1. The van der Waals surface area contributed by atoms with Crippen LogP contribution in [-0.4, -0.2) is 9.90 Å². The highest BCUT2D eigenvalue weighted by molar-refractivity contribution is 9.09. The summed E-state index contributed by atoms with van der Waals surface area (Å²) in [4.78, 5) is 11.9. The molecule has 1 heterocycles. The first-order valence-corrected chi connectivity index (χ1v) is 6.49. The van der Waals surface area contributed by atoms with E-state index in [1.54, 1.807) is 11.6 Å². The molecular formula is C13H14BrNO. The van der Waals surface area contributed by atoms with Gasteiger partial charge in [0.2, 0.25) is 0 Å². The first-order valence-electron chi connectivity index (χ1n) is 5.36. The molecule has 0 radical (unpaired) electrons. The van der Waals surface area contributed by atoms with Gasteiger partial charge in [-0.2, -0.15) is 0 Å². The molecule has 0 atom stereocenters. The molecule has 2 aromatic rings. The van der Waals surface area contributed by atoms with E-state index in [9.17, 15) is 4.79 Å². The number of pyridine rings is 1. The summed E-state index contributed by atoms with van der Waals surface area (Å²) in [5, 5.41) is 2.83. The molecule has 0 aliphatic heterocycles. The van der Waals surface area contributed by atoms with Crippen LogP contribution < -0.4 is 5.56 Å². The summed E-state index contributed by atoms with van der Waals surface area (Å²) in [5.41, 5.74) is 1.31. The van der Waals surface area contributed by atoms with E-state index >= 15 is 0 Å². The number of rotatable bonds is 3. The zero-order chi connectivity index (χ0) is 11.5. The van der Waals surface area contributed by atoms with Crippen molar-refractivity contribution >= 4 is 26.7 Å². The maximum absolute atomic E-state index is 11.9.